The minimum Gasteiger partial charge on any atom is -0.416 e. The lowest BCUT2D eigenvalue weighted by Crippen LogP contribution is -2.25. The van der Waals surface area contributed by atoms with Gasteiger partial charge in [0.1, 0.15) is 5.88 Å². The lowest BCUT2D eigenvalue weighted by Gasteiger charge is -1.84. The summed E-state index contributed by atoms with van der Waals surface area (Å²) in [5.74, 6) is 0.499. The number of nitrogens with zero attached hydrogens (tertiary/aromatic N) is 4. The molecule has 7 nitrogen and oxygen atoms in total. The van der Waals surface area contributed by atoms with Crippen molar-refractivity contribution in [2.24, 2.45) is 0 Å². The summed E-state index contributed by atoms with van der Waals surface area (Å²) in [6, 6.07) is 0. The molecule has 0 spiro atoms. The Labute approximate surface area is 82.8 Å². The minimum atomic E-state index is 0.112. The van der Waals surface area contributed by atoms with Gasteiger partial charge >= 0.3 is 5.69 Å². The van der Waals surface area contributed by atoms with E-state index < -0.39 is 0 Å². The number of aromatic nitrogens is 4. The maximum atomic E-state index is 10.9. The van der Waals surface area contributed by atoms with Crippen LogP contribution < -0.4 is 4.90 Å². The fourth-order valence-electron chi connectivity index (χ4n) is 0.889. The Balaban J connectivity index is 2.44. The molecule has 0 aromatic carbocycles. The number of hydrogen-bond donors (Lipinski definition) is 0. The van der Waals surface area contributed by atoms with Crippen LogP contribution in [0.25, 0.3) is 11.6 Å². The third kappa shape index (κ3) is 1.31. The molecule has 14 heavy (non-hydrogen) atoms. The van der Waals surface area contributed by atoms with Crippen LogP contribution in [0.1, 0.15) is 11.6 Å². The monoisotopic (exact) mass is 216 g/mol. The van der Waals surface area contributed by atoms with E-state index >= 15 is 0 Å². The predicted molar refractivity (Wildman–Crippen MR) is 43.0 cm³/mol. The number of rotatable bonds is 2. The summed E-state index contributed by atoms with van der Waals surface area (Å²) in [5, 5.41) is 21.6. The first-order chi connectivity index (χ1) is 6.72. The lowest BCUT2D eigenvalue weighted by molar-refractivity contribution is -0.806. The molecule has 2 aromatic rings. The normalized spacial score (nSPS) is 10.7. The van der Waals surface area contributed by atoms with Gasteiger partial charge in [0.25, 0.3) is 5.89 Å². The van der Waals surface area contributed by atoms with Crippen molar-refractivity contribution in [1.29, 1.82) is 0 Å². The summed E-state index contributed by atoms with van der Waals surface area (Å²) >= 11 is 5.47. The summed E-state index contributed by atoms with van der Waals surface area (Å²) in [4.78, 5) is 0.264. The second kappa shape index (κ2) is 3.26. The first-order valence-electron chi connectivity index (χ1n) is 3.67. The Kier molecular flexibility index (Phi) is 2.08. The average molecular weight is 217 g/mol. The highest BCUT2D eigenvalue weighted by Crippen LogP contribution is 2.17. The molecule has 0 aliphatic rings. The predicted octanol–water partition coefficient (Wildman–Crippen LogP) is 0.405. The molecule has 0 bridgehead atoms. The third-order valence-corrected chi connectivity index (χ3v) is 1.84. The highest BCUT2D eigenvalue weighted by atomic mass is 35.5. The van der Waals surface area contributed by atoms with Gasteiger partial charge < -0.3 is 9.62 Å². The van der Waals surface area contributed by atoms with Crippen LogP contribution in [0.4, 0.5) is 0 Å². The van der Waals surface area contributed by atoms with E-state index in [1.165, 1.54) is 6.92 Å². The number of halogens is 1. The molecule has 0 aliphatic carbocycles. The lowest BCUT2D eigenvalue weighted by atomic mass is 10.3. The van der Waals surface area contributed by atoms with Crippen molar-refractivity contribution in [3.8, 4) is 11.6 Å². The van der Waals surface area contributed by atoms with Gasteiger partial charge in [-0.05, 0) is 4.90 Å². The molecule has 0 amide bonds. The number of hydrogen-bond acceptors (Lipinski definition) is 6. The first kappa shape index (κ1) is 8.95. The van der Waals surface area contributed by atoms with Crippen LogP contribution in [-0.4, -0.2) is 15.4 Å². The van der Waals surface area contributed by atoms with E-state index in [1.807, 2.05) is 0 Å². The molecule has 0 radical (unpaired) electrons. The molecule has 0 atom stereocenters. The zero-order valence-electron chi connectivity index (χ0n) is 7.10. The first-order valence-corrected chi connectivity index (χ1v) is 4.21. The van der Waals surface area contributed by atoms with Crippen molar-refractivity contribution in [2.45, 2.75) is 12.8 Å². The van der Waals surface area contributed by atoms with E-state index in [-0.39, 0.29) is 34.0 Å². The van der Waals surface area contributed by atoms with Crippen LogP contribution in [-0.2, 0) is 5.88 Å². The van der Waals surface area contributed by atoms with Gasteiger partial charge in [0.2, 0.25) is 11.6 Å². The van der Waals surface area contributed by atoms with Crippen LogP contribution in [0.5, 0.6) is 0 Å². The van der Waals surface area contributed by atoms with Crippen molar-refractivity contribution in [3.63, 3.8) is 0 Å². The molecule has 74 valence electrons. The highest BCUT2D eigenvalue weighted by molar-refractivity contribution is 6.16. The van der Waals surface area contributed by atoms with Gasteiger partial charge in [0, 0.05) is 6.92 Å². The van der Waals surface area contributed by atoms with Gasteiger partial charge in [-0.3, -0.25) is 4.63 Å². The molecule has 0 saturated carbocycles. The van der Waals surface area contributed by atoms with E-state index in [0.29, 0.717) is 0 Å². The molecular weight excluding hydrogens is 212 g/mol. The van der Waals surface area contributed by atoms with Gasteiger partial charge in [-0.2, -0.15) is 0 Å². The highest BCUT2D eigenvalue weighted by Gasteiger charge is 2.22. The quantitative estimate of drug-likeness (QED) is 0.533. The Morgan fingerprint density at radius 1 is 1.50 bits per heavy atom. The Morgan fingerprint density at radius 3 is 2.79 bits per heavy atom. The van der Waals surface area contributed by atoms with E-state index in [9.17, 15) is 5.21 Å². The molecule has 2 rings (SSSR count). The largest absolute Gasteiger partial charge is 0.416 e. The second-order valence-electron chi connectivity index (χ2n) is 2.50. The van der Waals surface area contributed by atoms with Crippen LogP contribution >= 0.6 is 11.6 Å². The molecule has 2 heterocycles. The summed E-state index contributed by atoms with van der Waals surface area (Å²) in [5.41, 5.74) is 0.485. The molecule has 0 N–H and O–H groups in total. The Morgan fingerprint density at radius 2 is 2.29 bits per heavy atom. The van der Waals surface area contributed by atoms with E-state index in [4.69, 9.17) is 16.0 Å². The molecule has 0 unspecified atom stereocenters. The van der Waals surface area contributed by atoms with Gasteiger partial charge in [-0.25, -0.2) is 0 Å². The van der Waals surface area contributed by atoms with Crippen molar-refractivity contribution >= 4 is 11.6 Å². The molecule has 2 aromatic heterocycles. The van der Waals surface area contributed by atoms with Gasteiger partial charge in [-0.1, -0.05) is 0 Å². The van der Waals surface area contributed by atoms with Crippen molar-refractivity contribution < 1.29 is 13.9 Å². The topological polar surface area (TPSA) is 91.9 Å². The molecule has 8 heteroatoms. The summed E-state index contributed by atoms with van der Waals surface area (Å²) in [6.07, 6.45) is 0. The van der Waals surface area contributed by atoms with Crippen LogP contribution in [0.15, 0.2) is 9.05 Å². The zero-order valence-corrected chi connectivity index (χ0v) is 7.85. The molecule has 0 saturated heterocycles. The molecule has 0 aliphatic heterocycles. The van der Waals surface area contributed by atoms with Crippen LogP contribution in [0.2, 0.25) is 0 Å². The summed E-state index contributed by atoms with van der Waals surface area (Å²) < 4.78 is 9.43. The molecular formula is C6H5ClN4O3. The fraction of sp³-hybridized carbons (Fsp3) is 0.333. The third-order valence-electron chi connectivity index (χ3n) is 1.61. The van der Waals surface area contributed by atoms with Crippen molar-refractivity contribution in [2.75, 3.05) is 0 Å². The summed E-state index contributed by atoms with van der Waals surface area (Å²) in [6.45, 7) is 1.53. The maximum absolute atomic E-state index is 10.9. The SMILES string of the molecule is Cc1c(-c2nnc(CCl)o2)no[n+]1[O-]. The van der Waals surface area contributed by atoms with E-state index in [2.05, 4.69) is 20.0 Å². The van der Waals surface area contributed by atoms with Gasteiger partial charge in [0.15, 0.2) is 0 Å². The van der Waals surface area contributed by atoms with Gasteiger partial charge in [-0.15, -0.1) is 21.8 Å². The van der Waals surface area contributed by atoms with Crippen LogP contribution in [0, 0.1) is 12.1 Å². The Hall–Kier alpha value is -1.63. The maximum Gasteiger partial charge on any atom is 0.307 e. The smallest absolute Gasteiger partial charge is 0.307 e. The summed E-state index contributed by atoms with van der Waals surface area (Å²) in [7, 11) is 0. The standard InChI is InChI=1S/C6H5ClN4O3/c1-3-5(10-14-11(3)12)6-9-8-4(2-7)13-6/h2H2,1H3. The fourth-order valence-corrected chi connectivity index (χ4v) is 0.997. The van der Waals surface area contributed by atoms with E-state index in [0.717, 1.165) is 0 Å². The minimum absolute atomic E-state index is 0.112. The van der Waals surface area contributed by atoms with Crippen molar-refractivity contribution in [1.82, 2.24) is 15.4 Å². The van der Waals surface area contributed by atoms with Crippen LogP contribution in [0.3, 0.4) is 0 Å². The Bertz CT molecular complexity index is 452. The second-order valence-corrected chi connectivity index (χ2v) is 2.77. The zero-order chi connectivity index (χ0) is 10.1. The van der Waals surface area contributed by atoms with Gasteiger partial charge in [0.05, 0.1) is 5.16 Å². The average Bonchev–Trinajstić information content (AvgIpc) is 2.75. The van der Waals surface area contributed by atoms with E-state index in [1.54, 1.807) is 0 Å². The van der Waals surface area contributed by atoms with Crippen molar-refractivity contribution in [3.05, 3.63) is 16.8 Å². The molecule has 0 fully saturated rings. The number of alkyl halides is 1.